The van der Waals surface area contributed by atoms with Crippen LogP contribution >= 0.6 is 0 Å². The van der Waals surface area contributed by atoms with Gasteiger partial charge in [0.05, 0.1) is 13.2 Å². The maximum Gasteiger partial charge on any atom is 0.192 e. The second kappa shape index (κ2) is 9.22. The summed E-state index contributed by atoms with van der Waals surface area (Å²) in [5.41, 5.74) is 5.15. The minimum atomic E-state index is -1.88. The summed E-state index contributed by atoms with van der Waals surface area (Å²) in [6, 6.07) is 9.99. The van der Waals surface area contributed by atoms with E-state index in [1.54, 1.807) is 6.26 Å². The van der Waals surface area contributed by atoms with Gasteiger partial charge in [-0.2, -0.15) is 0 Å². The average molecular weight is 391 g/mol. The van der Waals surface area contributed by atoms with Crippen molar-refractivity contribution in [1.29, 1.82) is 0 Å². The Balaban J connectivity index is 2.11. The summed E-state index contributed by atoms with van der Waals surface area (Å²) in [6.07, 6.45) is 0.788. The Kier molecular flexibility index (Phi) is 7.49. The van der Waals surface area contributed by atoms with E-state index in [1.807, 2.05) is 44.2 Å². The van der Waals surface area contributed by atoms with E-state index < -0.39 is 14.6 Å². The van der Waals surface area contributed by atoms with Gasteiger partial charge in [0.2, 0.25) is 0 Å². The van der Waals surface area contributed by atoms with E-state index in [9.17, 15) is 0 Å². The molecule has 0 aliphatic carbocycles. The highest BCUT2D eigenvalue weighted by Gasteiger charge is 2.40. The van der Waals surface area contributed by atoms with Crippen LogP contribution in [0.1, 0.15) is 46.5 Å². The molecular formula is C22H34O4Si. The van der Waals surface area contributed by atoms with Gasteiger partial charge in [-0.15, -0.1) is 0 Å². The Morgan fingerprint density at radius 2 is 1.89 bits per heavy atom. The SMILES string of the molecule is CC(C)=C=CO[C@@H]1CO[C@H](c2ccccc2)O[C@@H]1CO[Si](C)(C)C(C)(C)C. The summed E-state index contributed by atoms with van der Waals surface area (Å²) >= 11 is 0. The van der Waals surface area contributed by atoms with Crippen molar-refractivity contribution in [2.24, 2.45) is 0 Å². The molecule has 27 heavy (non-hydrogen) atoms. The van der Waals surface area contributed by atoms with Crippen LogP contribution in [0.25, 0.3) is 0 Å². The normalized spacial score (nSPS) is 23.4. The summed E-state index contributed by atoms with van der Waals surface area (Å²) in [6.45, 7) is 16.1. The van der Waals surface area contributed by atoms with Crippen LogP contribution in [-0.4, -0.2) is 33.7 Å². The molecule has 1 aliphatic heterocycles. The highest BCUT2D eigenvalue weighted by molar-refractivity contribution is 6.74. The summed E-state index contributed by atoms with van der Waals surface area (Å²) in [5.74, 6) is 0. The number of benzene rings is 1. The first kappa shape index (κ1) is 21.9. The van der Waals surface area contributed by atoms with Crippen LogP contribution in [0.2, 0.25) is 18.1 Å². The molecule has 0 bridgehead atoms. The molecule has 3 atom stereocenters. The van der Waals surface area contributed by atoms with Crippen LogP contribution in [-0.2, 0) is 18.6 Å². The van der Waals surface area contributed by atoms with Gasteiger partial charge in [0.25, 0.3) is 0 Å². The van der Waals surface area contributed by atoms with Crippen LogP contribution in [0.5, 0.6) is 0 Å². The highest BCUT2D eigenvalue weighted by atomic mass is 28.4. The van der Waals surface area contributed by atoms with E-state index in [2.05, 4.69) is 39.6 Å². The molecule has 2 rings (SSSR count). The van der Waals surface area contributed by atoms with E-state index in [0.29, 0.717) is 13.2 Å². The molecule has 0 spiro atoms. The second-order valence-electron chi connectivity index (χ2n) is 8.76. The predicted octanol–water partition coefficient (Wildman–Crippen LogP) is 5.59. The van der Waals surface area contributed by atoms with Crippen LogP contribution in [0.15, 0.2) is 47.9 Å². The summed E-state index contributed by atoms with van der Waals surface area (Å²) in [4.78, 5) is 0. The first-order valence-corrected chi connectivity index (χ1v) is 12.5. The third-order valence-corrected chi connectivity index (χ3v) is 9.70. The molecular weight excluding hydrogens is 356 g/mol. The average Bonchev–Trinajstić information content (AvgIpc) is 2.60. The quantitative estimate of drug-likeness (QED) is 0.361. The summed E-state index contributed by atoms with van der Waals surface area (Å²) in [7, 11) is -1.88. The molecule has 0 unspecified atom stereocenters. The Hall–Kier alpha value is -1.36. The fraction of sp³-hybridized carbons (Fsp3) is 0.591. The van der Waals surface area contributed by atoms with Crippen molar-refractivity contribution in [2.45, 2.75) is 71.2 Å². The van der Waals surface area contributed by atoms with E-state index in [1.165, 1.54) is 0 Å². The molecule has 0 N–H and O–H groups in total. The van der Waals surface area contributed by atoms with E-state index >= 15 is 0 Å². The number of allylic oxidation sites excluding steroid dienone is 1. The Bertz CT molecular complexity index is 653. The monoisotopic (exact) mass is 390 g/mol. The molecule has 1 aromatic rings. The number of hydrogen-bond acceptors (Lipinski definition) is 4. The summed E-state index contributed by atoms with van der Waals surface area (Å²) in [5, 5.41) is 0.148. The van der Waals surface area contributed by atoms with Gasteiger partial charge in [-0.05, 0) is 37.6 Å². The summed E-state index contributed by atoms with van der Waals surface area (Å²) < 4.78 is 24.4. The maximum atomic E-state index is 6.41. The van der Waals surface area contributed by atoms with Gasteiger partial charge in [-0.3, -0.25) is 0 Å². The zero-order valence-electron chi connectivity index (χ0n) is 17.7. The van der Waals surface area contributed by atoms with Crippen LogP contribution in [0, 0.1) is 0 Å². The van der Waals surface area contributed by atoms with Crippen molar-refractivity contribution in [3.63, 3.8) is 0 Å². The Morgan fingerprint density at radius 1 is 1.22 bits per heavy atom. The smallest absolute Gasteiger partial charge is 0.192 e. The topological polar surface area (TPSA) is 36.9 Å². The molecule has 1 aromatic carbocycles. The van der Waals surface area contributed by atoms with Crippen molar-refractivity contribution < 1.29 is 18.6 Å². The maximum absolute atomic E-state index is 6.41. The molecule has 1 heterocycles. The van der Waals surface area contributed by atoms with E-state index in [4.69, 9.17) is 18.6 Å². The van der Waals surface area contributed by atoms with Gasteiger partial charge in [0.15, 0.2) is 20.7 Å². The molecule has 4 nitrogen and oxygen atoms in total. The van der Waals surface area contributed by atoms with Crippen LogP contribution < -0.4 is 0 Å². The molecule has 0 saturated carbocycles. The fourth-order valence-electron chi connectivity index (χ4n) is 2.38. The van der Waals surface area contributed by atoms with E-state index in [-0.39, 0.29) is 17.2 Å². The van der Waals surface area contributed by atoms with Crippen molar-refractivity contribution in [2.75, 3.05) is 13.2 Å². The van der Waals surface area contributed by atoms with Crippen molar-refractivity contribution in [1.82, 2.24) is 0 Å². The molecule has 0 aromatic heterocycles. The minimum Gasteiger partial charge on any atom is -0.485 e. The molecule has 1 fully saturated rings. The minimum absolute atomic E-state index is 0.148. The lowest BCUT2D eigenvalue weighted by molar-refractivity contribution is -0.262. The van der Waals surface area contributed by atoms with Gasteiger partial charge in [0.1, 0.15) is 12.4 Å². The van der Waals surface area contributed by atoms with Crippen LogP contribution in [0.3, 0.4) is 0 Å². The Morgan fingerprint density at radius 3 is 2.48 bits per heavy atom. The zero-order chi connectivity index (χ0) is 20.1. The van der Waals surface area contributed by atoms with Crippen molar-refractivity contribution in [3.05, 3.63) is 53.5 Å². The van der Waals surface area contributed by atoms with E-state index in [0.717, 1.165) is 11.1 Å². The van der Waals surface area contributed by atoms with Gasteiger partial charge in [-0.25, -0.2) is 0 Å². The van der Waals surface area contributed by atoms with Crippen molar-refractivity contribution >= 4 is 8.32 Å². The molecule has 0 radical (unpaired) electrons. The van der Waals surface area contributed by atoms with Gasteiger partial charge in [-0.1, -0.05) is 56.8 Å². The number of ether oxygens (including phenoxy) is 3. The first-order chi connectivity index (χ1) is 12.6. The van der Waals surface area contributed by atoms with Crippen molar-refractivity contribution in [3.8, 4) is 0 Å². The zero-order valence-corrected chi connectivity index (χ0v) is 18.7. The lowest BCUT2D eigenvalue weighted by Gasteiger charge is -2.40. The van der Waals surface area contributed by atoms with Gasteiger partial charge in [0, 0.05) is 5.56 Å². The number of hydrogen-bond donors (Lipinski definition) is 0. The predicted molar refractivity (Wildman–Crippen MR) is 111 cm³/mol. The third-order valence-electron chi connectivity index (χ3n) is 5.20. The largest absolute Gasteiger partial charge is 0.485 e. The first-order valence-electron chi connectivity index (χ1n) is 9.60. The van der Waals surface area contributed by atoms with Gasteiger partial charge >= 0.3 is 0 Å². The lowest BCUT2D eigenvalue weighted by atomic mass is 10.1. The molecule has 0 amide bonds. The Labute approximate surface area is 165 Å². The third kappa shape index (κ3) is 6.34. The van der Waals surface area contributed by atoms with Crippen LogP contribution in [0.4, 0.5) is 0 Å². The molecule has 1 aliphatic rings. The molecule has 1 saturated heterocycles. The highest BCUT2D eigenvalue weighted by Crippen LogP contribution is 2.37. The standard InChI is InChI=1S/C22H34O4Si/c1-17(2)13-14-23-19-15-24-21(18-11-9-8-10-12-18)26-20(19)16-25-27(6,7)22(3,4)5/h8-12,14,19-21H,15-16H2,1-7H3/t19-,20-,21+/m1/s1. The van der Waals surface area contributed by atoms with Gasteiger partial charge < -0.3 is 18.6 Å². The fourth-order valence-corrected chi connectivity index (χ4v) is 3.39. The molecule has 5 heteroatoms. The molecule has 150 valence electrons. The second-order valence-corrected chi connectivity index (χ2v) is 13.6. The lowest BCUT2D eigenvalue weighted by Crippen LogP contribution is -2.48. The number of rotatable bonds is 6.